The molecule has 4 heteroatoms. The minimum absolute atomic E-state index is 0.164. The summed E-state index contributed by atoms with van der Waals surface area (Å²) in [6, 6.07) is 3.46. The summed E-state index contributed by atoms with van der Waals surface area (Å²) in [5, 5.41) is 1.43. The fourth-order valence-electron chi connectivity index (χ4n) is 1.21. The molecule has 0 bridgehead atoms. The van der Waals surface area contributed by atoms with Gasteiger partial charge in [0.25, 0.3) is 5.56 Å². The Morgan fingerprint density at radius 3 is 3.08 bits per heavy atom. The zero-order valence-electron chi connectivity index (χ0n) is 7.10. The van der Waals surface area contributed by atoms with Crippen LogP contribution in [0.1, 0.15) is 0 Å². The summed E-state index contributed by atoms with van der Waals surface area (Å²) in [5.74, 6) is 0. The Bertz CT molecular complexity index is 490. The summed E-state index contributed by atoms with van der Waals surface area (Å²) in [6.45, 7) is 0. The monoisotopic (exact) mass is 176 g/mol. The van der Waals surface area contributed by atoms with Crippen molar-refractivity contribution in [2.75, 3.05) is 7.11 Å². The molecule has 0 atom stereocenters. The molecule has 13 heavy (non-hydrogen) atoms. The van der Waals surface area contributed by atoms with Crippen LogP contribution in [-0.2, 0) is 0 Å². The smallest absolute Gasteiger partial charge is 0.290 e. The van der Waals surface area contributed by atoms with Crippen molar-refractivity contribution >= 4 is 10.8 Å². The Hall–Kier alpha value is -1.84. The van der Waals surface area contributed by atoms with Crippen LogP contribution in [0.4, 0.5) is 0 Å². The Morgan fingerprint density at radius 2 is 2.31 bits per heavy atom. The molecule has 0 N–H and O–H groups in total. The number of nitrogens with zero attached hydrogens (tertiary/aromatic N) is 2. The quantitative estimate of drug-likeness (QED) is 0.633. The van der Waals surface area contributed by atoms with Crippen LogP contribution in [0.3, 0.4) is 0 Å². The molecule has 0 aliphatic heterocycles. The molecular formula is C9H8N2O2. The van der Waals surface area contributed by atoms with E-state index in [2.05, 4.69) is 4.98 Å². The van der Waals surface area contributed by atoms with Gasteiger partial charge in [-0.25, -0.2) is 0 Å². The van der Waals surface area contributed by atoms with Gasteiger partial charge in [0.05, 0.1) is 5.39 Å². The lowest BCUT2D eigenvalue weighted by molar-refractivity contribution is 0.158. The average molecular weight is 176 g/mol. The van der Waals surface area contributed by atoms with E-state index in [4.69, 9.17) is 4.84 Å². The van der Waals surface area contributed by atoms with Gasteiger partial charge >= 0.3 is 0 Å². The average Bonchev–Trinajstić information content (AvgIpc) is 2.19. The molecule has 4 nitrogen and oxygen atoms in total. The molecule has 2 rings (SSSR count). The molecule has 0 aliphatic rings. The summed E-state index contributed by atoms with van der Waals surface area (Å²) >= 11 is 0. The molecule has 0 fully saturated rings. The lowest BCUT2D eigenvalue weighted by Gasteiger charge is -2.03. The molecule has 2 aromatic rings. The van der Waals surface area contributed by atoms with Crippen LogP contribution in [0.5, 0.6) is 0 Å². The van der Waals surface area contributed by atoms with E-state index in [1.54, 1.807) is 30.7 Å². The predicted molar refractivity (Wildman–Crippen MR) is 48.5 cm³/mol. The second kappa shape index (κ2) is 2.90. The molecular weight excluding hydrogens is 168 g/mol. The molecule has 0 saturated carbocycles. The predicted octanol–water partition coefficient (Wildman–Crippen LogP) is 0.455. The molecule has 0 spiro atoms. The summed E-state index contributed by atoms with van der Waals surface area (Å²) in [6.07, 6.45) is 4.81. The maximum absolute atomic E-state index is 11.6. The van der Waals surface area contributed by atoms with Crippen LogP contribution in [-0.4, -0.2) is 16.8 Å². The summed E-state index contributed by atoms with van der Waals surface area (Å²) in [5.41, 5.74) is -0.164. The SMILES string of the molecule is COn1ccc2cnccc2c1=O. The van der Waals surface area contributed by atoms with Crippen molar-refractivity contribution in [1.29, 1.82) is 0 Å². The molecule has 0 radical (unpaired) electrons. The van der Waals surface area contributed by atoms with Crippen molar-refractivity contribution in [3.63, 3.8) is 0 Å². The van der Waals surface area contributed by atoms with Crippen molar-refractivity contribution in [3.8, 4) is 0 Å². The van der Waals surface area contributed by atoms with E-state index in [0.29, 0.717) is 5.39 Å². The Balaban J connectivity index is 2.87. The largest absolute Gasteiger partial charge is 0.414 e. The third-order valence-electron chi connectivity index (χ3n) is 1.87. The van der Waals surface area contributed by atoms with E-state index in [0.717, 1.165) is 5.39 Å². The molecule has 2 heterocycles. The van der Waals surface area contributed by atoms with Crippen LogP contribution in [0.15, 0.2) is 35.5 Å². The van der Waals surface area contributed by atoms with Crippen LogP contribution < -0.4 is 10.4 Å². The fraction of sp³-hybridized carbons (Fsp3) is 0.111. The highest BCUT2D eigenvalue weighted by molar-refractivity contribution is 5.79. The second-order valence-corrected chi connectivity index (χ2v) is 2.59. The third-order valence-corrected chi connectivity index (χ3v) is 1.87. The van der Waals surface area contributed by atoms with Gasteiger partial charge in [0.1, 0.15) is 7.11 Å². The Morgan fingerprint density at radius 1 is 1.46 bits per heavy atom. The van der Waals surface area contributed by atoms with E-state index in [-0.39, 0.29) is 5.56 Å². The van der Waals surface area contributed by atoms with Crippen LogP contribution in [0.2, 0.25) is 0 Å². The van der Waals surface area contributed by atoms with Gasteiger partial charge < -0.3 is 4.84 Å². The standard InChI is InChI=1S/C9H8N2O2/c1-13-11-5-3-7-6-10-4-2-8(7)9(11)12/h2-6H,1H3. The van der Waals surface area contributed by atoms with Gasteiger partial charge in [0.15, 0.2) is 0 Å². The summed E-state index contributed by atoms with van der Waals surface area (Å²) in [7, 11) is 1.45. The first-order valence-electron chi connectivity index (χ1n) is 3.83. The first-order chi connectivity index (χ1) is 6.33. The highest BCUT2D eigenvalue weighted by Gasteiger charge is 2.00. The van der Waals surface area contributed by atoms with Gasteiger partial charge in [-0.05, 0) is 12.1 Å². The van der Waals surface area contributed by atoms with Crippen LogP contribution in [0.25, 0.3) is 10.8 Å². The number of pyridine rings is 2. The Labute approximate surface area is 74.4 Å². The van der Waals surface area contributed by atoms with Gasteiger partial charge in [-0.3, -0.25) is 9.78 Å². The first kappa shape index (κ1) is 7.79. The van der Waals surface area contributed by atoms with Gasteiger partial charge in [0, 0.05) is 24.0 Å². The third kappa shape index (κ3) is 1.16. The molecule has 0 aromatic carbocycles. The number of rotatable bonds is 1. The Kier molecular flexibility index (Phi) is 1.73. The lowest BCUT2D eigenvalue weighted by Crippen LogP contribution is -2.23. The topological polar surface area (TPSA) is 44.1 Å². The summed E-state index contributed by atoms with van der Waals surface area (Å²) in [4.78, 5) is 20.3. The molecule has 0 aliphatic carbocycles. The fourth-order valence-corrected chi connectivity index (χ4v) is 1.21. The molecule has 66 valence electrons. The van der Waals surface area contributed by atoms with Gasteiger partial charge in [-0.2, -0.15) is 4.73 Å². The number of aromatic nitrogens is 2. The highest BCUT2D eigenvalue weighted by Crippen LogP contribution is 2.04. The highest BCUT2D eigenvalue weighted by atomic mass is 16.6. The van der Waals surface area contributed by atoms with Crippen molar-refractivity contribution in [2.24, 2.45) is 0 Å². The van der Waals surface area contributed by atoms with Crippen molar-refractivity contribution in [3.05, 3.63) is 41.1 Å². The minimum atomic E-state index is -0.164. The number of hydrogen-bond donors (Lipinski definition) is 0. The van der Waals surface area contributed by atoms with E-state index >= 15 is 0 Å². The van der Waals surface area contributed by atoms with Crippen molar-refractivity contribution in [1.82, 2.24) is 9.71 Å². The molecule has 2 aromatic heterocycles. The van der Waals surface area contributed by atoms with Gasteiger partial charge in [-0.15, -0.1) is 0 Å². The minimum Gasteiger partial charge on any atom is -0.414 e. The van der Waals surface area contributed by atoms with Gasteiger partial charge in [-0.1, -0.05) is 0 Å². The van der Waals surface area contributed by atoms with Crippen LogP contribution >= 0.6 is 0 Å². The van der Waals surface area contributed by atoms with Crippen LogP contribution in [0, 0.1) is 0 Å². The zero-order chi connectivity index (χ0) is 9.26. The summed E-state index contributed by atoms with van der Waals surface area (Å²) < 4.78 is 1.18. The zero-order valence-corrected chi connectivity index (χ0v) is 7.10. The van der Waals surface area contributed by atoms with Crippen molar-refractivity contribution < 1.29 is 4.84 Å². The van der Waals surface area contributed by atoms with E-state index < -0.39 is 0 Å². The van der Waals surface area contributed by atoms with E-state index in [1.807, 2.05) is 0 Å². The molecule has 0 unspecified atom stereocenters. The molecule has 0 saturated heterocycles. The molecule has 0 amide bonds. The lowest BCUT2D eigenvalue weighted by atomic mass is 10.2. The van der Waals surface area contributed by atoms with E-state index in [9.17, 15) is 4.79 Å². The van der Waals surface area contributed by atoms with Crippen molar-refractivity contribution in [2.45, 2.75) is 0 Å². The number of hydrogen-bond acceptors (Lipinski definition) is 3. The number of fused-ring (bicyclic) bond motifs is 1. The maximum atomic E-state index is 11.6. The van der Waals surface area contributed by atoms with E-state index in [1.165, 1.54) is 11.8 Å². The second-order valence-electron chi connectivity index (χ2n) is 2.59. The first-order valence-corrected chi connectivity index (χ1v) is 3.83. The van der Waals surface area contributed by atoms with Gasteiger partial charge in [0.2, 0.25) is 0 Å². The maximum Gasteiger partial charge on any atom is 0.290 e. The normalized spacial score (nSPS) is 10.2.